The molecule has 0 amide bonds. The van der Waals surface area contributed by atoms with Gasteiger partial charge >= 0.3 is 0 Å². The van der Waals surface area contributed by atoms with Gasteiger partial charge in [-0.2, -0.15) is 0 Å². The fourth-order valence-corrected chi connectivity index (χ4v) is 1.74. The van der Waals surface area contributed by atoms with Crippen LogP contribution in [0.4, 0.5) is 0 Å². The molecule has 1 aliphatic carbocycles. The maximum atomic E-state index is 9.08. The van der Waals surface area contributed by atoms with Gasteiger partial charge < -0.3 is 10.4 Å². The van der Waals surface area contributed by atoms with Crippen LogP contribution in [0.2, 0.25) is 0 Å². The minimum atomic E-state index is 0.149. The molecule has 0 heterocycles. The van der Waals surface area contributed by atoms with E-state index in [0.29, 0.717) is 0 Å². The Balaban J connectivity index is 2.49. The van der Waals surface area contributed by atoms with Crippen LogP contribution in [0.5, 0.6) is 0 Å². The number of rotatable bonds is 5. The summed E-state index contributed by atoms with van der Waals surface area (Å²) in [7, 11) is 0. The lowest BCUT2D eigenvalue weighted by Gasteiger charge is -2.16. The van der Waals surface area contributed by atoms with Crippen molar-refractivity contribution >= 4 is 0 Å². The molecule has 0 aromatic rings. The minimum absolute atomic E-state index is 0.149. The molecular formula is C13H21NO. The Morgan fingerprint density at radius 1 is 1.60 bits per heavy atom. The second kappa shape index (κ2) is 6.33. The predicted octanol–water partition coefficient (Wildman–Crippen LogP) is 3.44. The van der Waals surface area contributed by atoms with Gasteiger partial charge in [-0.25, -0.2) is 0 Å². The molecule has 2 nitrogen and oxygen atoms in total. The number of hydrogen-bond donors (Lipinski definition) is 2. The highest BCUT2D eigenvalue weighted by molar-refractivity contribution is 5.30. The van der Waals surface area contributed by atoms with Crippen LogP contribution in [0.1, 0.15) is 39.0 Å². The van der Waals surface area contributed by atoms with Gasteiger partial charge in [0, 0.05) is 12.2 Å². The monoisotopic (exact) mass is 207 g/mol. The summed E-state index contributed by atoms with van der Waals surface area (Å²) >= 11 is 0. The third kappa shape index (κ3) is 4.73. The third-order valence-electron chi connectivity index (χ3n) is 2.51. The van der Waals surface area contributed by atoms with Gasteiger partial charge in [-0.15, -0.1) is 0 Å². The van der Waals surface area contributed by atoms with Gasteiger partial charge in [0.25, 0.3) is 0 Å². The highest BCUT2D eigenvalue weighted by Crippen LogP contribution is 2.21. The summed E-state index contributed by atoms with van der Waals surface area (Å²) in [5.74, 6) is 0.149. The van der Waals surface area contributed by atoms with Crippen molar-refractivity contribution in [1.82, 2.24) is 5.32 Å². The summed E-state index contributed by atoms with van der Waals surface area (Å²) < 4.78 is 0. The number of aliphatic hydroxyl groups excluding tert-OH is 1. The fraction of sp³-hybridized carbons (Fsp3) is 0.538. The average Bonchev–Trinajstić information content (AvgIpc) is 2.18. The minimum Gasteiger partial charge on any atom is -0.509 e. The lowest BCUT2D eigenvalue weighted by atomic mass is 9.98. The molecule has 0 aromatic heterocycles. The van der Waals surface area contributed by atoms with Crippen molar-refractivity contribution in [3.05, 3.63) is 35.8 Å². The molecule has 0 aromatic carbocycles. The van der Waals surface area contributed by atoms with E-state index in [-0.39, 0.29) is 5.76 Å². The smallest absolute Gasteiger partial charge is 0.108 e. The molecule has 15 heavy (non-hydrogen) atoms. The van der Waals surface area contributed by atoms with Crippen LogP contribution in [-0.4, -0.2) is 11.7 Å². The van der Waals surface area contributed by atoms with Crippen LogP contribution in [0.15, 0.2) is 35.8 Å². The lowest BCUT2D eigenvalue weighted by Crippen LogP contribution is -2.16. The van der Waals surface area contributed by atoms with Crippen molar-refractivity contribution in [3.63, 3.8) is 0 Å². The molecule has 0 aliphatic heterocycles. The second-order valence-electron chi connectivity index (χ2n) is 4.01. The van der Waals surface area contributed by atoms with E-state index >= 15 is 0 Å². The molecule has 0 bridgehead atoms. The zero-order valence-electron chi connectivity index (χ0n) is 9.55. The van der Waals surface area contributed by atoms with Crippen molar-refractivity contribution in [3.8, 4) is 0 Å². The summed E-state index contributed by atoms with van der Waals surface area (Å²) in [5.41, 5.74) is 2.47. The van der Waals surface area contributed by atoms with Crippen LogP contribution < -0.4 is 5.32 Å². The molecule has 0 fully saturated rings. The summed E-state index contributed by atoms with van der Waals surface area (Å²) in [6.07, 6.45) is 9.64. The molecule has 1 aliphatic rings. The van der Waals surface area contributed by atoms with Gasteiger partial charge in [-0.05, 0) is 43.4 Å². The summed E-state index contributed by atoms with van der Waals surface area (Å²) in [4.78, 5) is 0. The van der Waals surface area contributed by atoms with Crippen molar-refractivity contribution in [1.29, 1.82) is 0 Å². The number of aliphatic hydroxyl groups is 1. The van der Waals surface area contributed by atoms with Gasteiger partial charge in [-0.1, -0.05) is 19.9 Å². The van der Waals surface area contributed by atoms with Crippen LogP contribution in [0.3, 0.4) is 0 Å². The molecule has 84 valence electrons. The van der Waals surface area contributed by atoms with E-state index < -0.39 is 0 Å². The van der Waals surface area contributed by atoms with Gasteiger partial charge in [0.05, 0.1) is 0 Å². The zero-order valence-corrected chi connectivity index (χ0v) is 9.55. The van der Waals surface area contributed by atoms with Crippen molar-refractivity contribution in [2.24, 2.45) is 0 Å². The summed E-state index contributed by atoms with van der Waals surface area (Å²) in [6.45, 7) is 6.72. The summed E-state index contributed by atoms with van der Waals surface area (Å²) in [5, 5.41) is 12.5. The SMILES string of the molecule is C=C(O)/C=C1\C=C(NCCCC)CCC1. The normalized spacial score (nSPS) is 18.7. The highest BCUT2D eigenvalue weighted by atomic mass is 16.3. The molecule has 2 heteroatoms. The van der Waals surface area contributed by atoms with E-state index in [1.165, 1.54) is 24.1 Å². The van der Waals surface area contributed by atoms with Crippen molar-refractivity contribution < 1.29 is 5.11 Å². The second-order valence-corrected chi connectivity index (χ2v) is 4.01. The lowest BCUT2D eigenvalue weighted by molar-refractivity contribution is 0.434. The molecule has 0 atom stereocenters. The van der Waals surface area contributed by atoms with E-state index in [0.717, 1.165) is 25.8 Å². The van der Waals surface area contributed by atoms with Gasteiger partial charge in [0.1, 0.15) is 5.76 Å². The largest absolute Gasteiger partial charge is 0.509 e. The molecule has 2 N–H and O–H groups in total. The third-order valence-corrected chi connectivity index (χ3v) is 2.51. The first-order valence-electron chi connectivity index (χ1n) is 5.75. The van der Waals surface area contributed by atoms with Crippen LogP contribution in [-0.2, 0) is 0 Å². The zero-order chi connectivity index (χ0) is 11.1. The van der Waals surface area contributed by atoms with Gasteiger partial charge in [0.2, 0.25) is 0 Å². The molecule has 1 rings (SSSR count). The Morgan fingerprint density at radius 3 is 3.07 bits per heavy atom. The Kier molecular flexibility index (Phi) is 5.02. The molecule has 0 spiro atoms. The average molecular weight is 207 g/mol. The van der Waals surface area contributed by atoms with Crippen LogP contribution in [0, 0.1) is 0 Å². The van der Waals surface area contributed by atoms with Crippen molar-refractivity contribution in [2.75, 3.05) is 6.54 Å². The van der Waals surface area contributed by atoms with Crippen LogP contribution >= 0.6 is 0 Å². The number of hydrogen-bond acceptors (Lipinski definition) is 2. The van der Waals surface area contributed by atoms with E-state index in [2.05, 4.69) is 24.9 Å². The van der Waals surface area contributed by atoms with Crippen molar-refractivity contribution in [2.45, 2.75) is 39.0 Å². The number of allylic oxidation sites excluding steroid dienone is 4. The van der Waals surface area contributed by atoms with E-state index in [1.807, 2.05) is 0 Å². The van der Waals surface area contributed by atoms with E-state index in [1.54, 1.807) is 6.08 Å². The summed E-state index contributed by atoms with van der Waals surface area (Å²) in [6, 6.07) is 0. The van der Waals surface area contributed by atoms with Gasteiger partial charge in [0.15, 0.2) is 0 Å². The molecule has 0 saturated heterocycles. The fourth-order valence-electron chi connectivity index (χ4n) is 1.74. The Morgan fingerprint density at radius 2 is 2.40 bits per heavy atom. The Bertz CT molecular complexity index is 276. The molecule has 0 unspecified atom stereocenters. The molecular weight excluding hydrogens is 186 g/mol. The quantitative estimate of drug-likeness (QED) is 0.534. The molecule has 0 radical (unpaired) electrons. The predicted molar refractivity (Wildman–Crippen MR) is 64.7 cm³/mol. The first kappa shape index (κ1) is 11.9. The first-order valence-corrected chi connectivity index (χ1v) is 5.75. The Hall–Kier alpha value is -1.18. The van der Waals surface area contributed by atoms with E-state index in [4.69, 9.17) is 5.11 Å². The molecule has 0 saturated carbocycles. The number of nitrogens with one attached hydrogen (secondary N) is 1. The number of unbranched alkanes of at least 4 members (excludes halogenated alkanes) is 1. The first-order chi connectivity index (χ1) is 7.22. The highest BCUT2D eigenvalue weighted by Gasteiger charge is 2.06. The van der Waals surface area contributed by atoms with Gasteiger partial charge in [-0.3, -0.25) is 0 Å². The maximum Gasteiger partial charge on any atom is 0.108 e. The topological polar surface area (TPSA) is 32.3 Å². The van der Waals surface area contributed by atoms with Crippen LogP contribution in [0.25, 0.3) is 0 Å². The Labute approximate surface area is 92.4 Å². The maximum absolute atomic E-state index is 9.08. The standard InChI is InChI=1S/C13H21NO/c1-3-4-8-14-13-7-5-6-12(10-13)9-11(2)15/h9-10,14-15H,2-8H2,1H3/b12-9-. The van der Waals surface area contributed by atoms with E-state index in [9.17, 15) is 0 Å².